The third kappa shape index (κ3) is 6.56. The fourth-order valence-corrected chi connectivity index (χ4v) is 4.00. The van der Waals surface area contributed by atoms with E-state index in [0.29, 0.717) is 43.3 Å². The number of benzene rings is 2. The van der Waals surface area contributed by atoms with Crippen molar-refractivity contribution in [3.8, 4) is 5.75 Å². The summed E-state index contributed by atoms with van der Waals surface area (Å²) in [6.45, 7) is 1.76. The van der Waals surface area contributed by atoms with E-state index in [1.807, 2.05) is 4.90 Å². The number of nitrogens with one attached hydrogen (secondary N) is 1. The molecule has 3 rings (SSSR count). The van der Waals surface area contributed by atoms with E-state index in [4.69, 9.17) is 4.74 Å². The topological polar surface area (TPSA) is 61.9 Å². The number of hydrogen-bond donors (Lipinski definition) is 1. The molecule has 0 aliphatic carbocycles. The van der Waals surface area contributed by atoms with Gasteiger partial charge in [-0.05, 0) is 42.5 Å². The van der Waals surface area contributed by atoms with Crippen molar-refractivity contribution in [1.82, 2.24) is 4.90 Å². The minimum absolute atomic E-state index is 0.0871. The molecule has 0 bridgehead atoms. The van der Waals surface area contributed by atoms with Gasteiger partial charge in [0.2, 0.25) is 11.8 Å². The molecular weight excluding hydrogens is 443 g/mol. The number of alkyl halides is 3. The first-order valence-electron chi connectivity index (χ1n) is 9.98. The highest BCUT2D eigenvalue weighted by Gasteiger charge is 2.31. The van der Waals surface area contributed by atoms with Crippen LogP contribution in [-0.2, 0) is 15.8 Å². The van der Waals surface area contributed by atoms with Crippen LogP contribution in [0.4, 0.5) is 24.5 Å². The number of nitrogens with zero attached hydrogens (tertiary/aromatic N) is 2. The SMILES string of the molecule is COc1ccc(NC(=O)CSCC(=O)N2CCN(c3cccc(C(F)(F)F)c3)CC2)cc1. The molecule has 0 unspecified atom stereocenters. The molecule has 0 atom stereocenters. The summed E-state index contributed by atoms with van der Waals surface area (Å²) in [6.07, 6.45) is -4.38. The number of halogens is 3. The standard InChI is InChI=1S/C22H24F3N3O3S/c1-31-19-7-5-17(6-8-19)26-20(29)14-32-15-21(30)28-11-9-27(10-12-28)18-4-2-3-16(13-18)22(23,24)25/h2-8,13H,9-12,14-15H2,1H3,(H,26,29). The van der Waals surface area contributed by atoms with Crippen molar-refractivity contribution < 1.29 is 27.5 Å². The van der Waals surface area contributed by atoms with Crippen LogP contribution in [-0.4, -0.2) is 61.5 Å². The summed E-state index contributed by atoms with van der Waals surface area (Å²) in [4.78, 5) is 28.0. The average molecular weight is 468 g/mol. The van der Waals surface area contributed by atoms with E-state index in [1.54, 1.807) is 42.3 Å². The molecule has 1 aliphatic rings. The molecule has 0 saturated carbocycles. The average Bonchev–Trinajstić information content (AvgIpc) is 2.79. The van der Waals surface area contributed by atoms with Crippen molar-refractivity contribution in [3.05, 3.63) is 54.1 Å². The first-order chi connectivity index (χ1) is 15.3. The van der Waals surface area contributed by atoms with Crippen LogP contribution in [0.3, 0.4) is 0 Å². The van der Waals surface area contributed by atoms with Crippen molar-refractivity contribution >= 4 is 35.0 Å². The Morgan fingerprint density at radius 2 is 1.72 bits per heavy atom. The van der Waals surface area contributed by atoms with Crippen molar-refractivity contribution in [3.63, 3.8) is 0 Å². The lowest BCUT2D eigenvalue weighted by Crippen LogP contribution is -2.49. The van der Waals surface area contributed by atoms with Gasteiger partial charge in [0.25, 0.3) is 0 Å². The number of thioether (sulfide) groups is 1. The van der Waals surface area contributed by atoms with Crippen molar-refractivity contribution in [1.29, 1.82) is 0 Å². The summed E-state index contributed by atoms with van der Waals surface area (Å²) in [5, 5.41) is 2.76. The van der Waals surface area contributed by atoms with Gasteiger partial charge in [0.15, 0.2) is 0 Å². The Balaban J connectivity index is 1.40. The highest BCUT2D eigenvalue weighted by atomic mass is 32.2. The van der Waals surface area contributed by atoms with E-state index < -0.39 is 11.7 Å². The fraction of sp³-hybridized carbons (Fsp3) is 0.364. The lowest BCUT2D eigenvalue weighted by molar-refractivity contribution is -0.137. The first-order valence-corrected chi connectivity index (χ1v) is 11.1. The number of hydrogen-bond acceptors (Lipinski definition) is 5. The van der Waals surface area contributed by atoms with Gasteiger partial charge in [0.1, 0.15) is 5.75 Å². The Bertz CT molecular complexity index is 930. The molecule has 32 heavy (non-hydrogen) atoms. The lowest BCUT2D eigenvalue weighted by atomic mass is 10.1. The number of piperazine rings is 1. The molecule has 2 aromatic rings. The smallest absolute Gasteiger partial charge is 0.416 e. The van der Waals surface area contributed by atoms with Crippen LogP contribution >= 0.6 is 11.8 Å². The minimum atomic E-state index is -4.38. The second-order valence-electron chi connectivity index (χ2n) is 7.19. The molecule has 172 valence electrons. The molecular formula is C22H24F3N3O3S. The van der Waals surface area contributed by atoms with E-state index in [-0.39, 0.29) is 23.3 Å². The molecule has 1 aliphatic heterocycles. The van der Waals surface area contributed by atoms with E-state index in [1.165, 1.54) is 17.8 Å². The zero-order valence-electron chi connectivity index (χ0n) is 17.5. The quantitative estimate of drug-likeness (QED) is 0.673. The van der Waals surface area contributed by atoms with Crippen LogP contribution in [0.25, 0.3) is 0 Å². The third-order valence-electron chi connectivity index (χ3n) is 5.00. The van der Waals surface area contributed by atoms with Gasteiger partial charge in [0.05, 0.1) is 24.2 Å². The summed E-state index contributed by atoms with van der Waals surface area (Å²) in [6, 6.07) is 12.2. The van der Waals surface area contributed by atoms with Gasteiger partial charge in [-0.1, -0.05) is 6.07 Å². The number of ether oxygens (including phenoxy) is 1. The van der Waals surface area contributed by atoms with Gasteiger partial charge in [-0.2, -0.15) is 13.2 Å². The van der Waals surface area contributed by atoms with Crippen LogP contribution in [0.15, 0.2) is 48.5 Å². The van der Waals surface area contributed by atoms with Crippen LogP contribution in [0.5, 0.6) is 5.75 Å². The van der Waals surface area contributed by atoms with Gasteiger partial charge < -0.3 is 19.9 Å². The Kier molecular flexibility index (Phi) is 7.89. The Labute approximate surface area is 188 Å². The Morgan fingerprint density at radius 1 is 1.03 bits per heavy atom. The number of carbonyl (C=O) groups is 2. The fourth-order valence-electron chi connectivity index (χ4n) is 3.29. The largest absolute Gasteiger partial charge is 0.497 e. The number of anilines is 2. The van der Waals surface area contributed by atoms with E-state index in [9.17, 15) is 22.8 Å². The highest BCUT2D eigenvalue weighted by molar-refractivity contribution is 8.00. The summed E-state index contributed by atoms with van der Waals surface area (Å²) < 4.78 is 43.8. The van der Waals surface area contributed by atoms with Gasteiger partial charge in [0, 0.05) is 37.6 Å². The molecule has 0 spiro atoms. The molecule has 1 fully saturated rings. The van der Waals surface area contributed by atoms with E-state index in [0.717, 1.165) is 12.1 Å². The molecule has 6 nitrogen and oxygen atoms in total. The summed E-state index contributed by atoms with van der Waals surface area (Å²) in [7, 11) is 1.56. The second kappa shape index (κ2) is 10.6. The molecule has 1 N–H and O–H groups in total. The van der Waals surface area contributed by atoms with Gasteiger partial charge in [-0.3, -0.25) is 9.59 Å². The maximum atomic E-state index is 12.9. The second-order valence-corrected chi connectivity index (χ2v) is 8.17. The van der Waals surface area contributed by atoms with E-state index in [2.05, 4.69) is 5.32 Å². The maximum Gasteiger partial charge on any atom is 0.416 e. The van der Waals surface area contributed by atoms with E-state index >= 15 is 0 Å². The zero-order chi connectivity index (χ0) is 23.1. The van der Waals surface area contributed by atoms with Gasteiger partial charge in [-0.25, -0.2) is 0 Å². The highest BCUT2D eigenvalue weighted by Crippen LogP contribution is 2.31. The predicted molar refractivity (Wildman–Crippen MR) is 119 cm³/mol. The normalized spacial score (nSPS) is 14.2. The third-order valence-corrected chi connectivity index (χ3v) is 5.92. The van der Waals surface area contributed by atoms with Gasteiger partial charge in [-0.15, -0.1) is 11.8 Å². The van der Waals surface area contributed by atoms with Crippen LogP contribution < -0.4 is 15.0 Å². The molecule has 1 heterocycles. The summed E-state index contributed by atoms with van der Waals surface area (Å²) in [5.41, 5.74) is 0.461. The molecule has 2 amide bonds. The maximum absolute atomic E-state index is 12.9. The molecule has 2 aromatic carbocycles. The number of methoxy groups -OCH3 is 1. The first kappa shape index (κ1) is 23.8. The van der Waals surface area contributed by atoms with Crippen molar-refractivity contribution in [2.75, 3.05) is 55.0 Å². The van der Waals surface area contributed by atoms with Crippen LogP contribution in [0.2, 0.25) is 0 Å². The van der Waals surface area contributed by atoms with Crippen molar-refractivity contribution in [2.24, 2.45) is 0 Å². The lowest BCUT2D eigenvalue weighted by Gasteiger charge is -2.36. The van der Waals surface area contributed by atoms with Crippen molar-refractivity contribution in [2.45, 2.75) is 6.18 Å². The summed E-state index contributed by atoms with van der Waals surface area (Å²) >= 11 is 1.23. The Morgan fingerprint density at radius 3 is 2.34 bits per heavy atom. The number of amides is 2. The molecule has 0 aromatic heterocycles. The van der Waals surface area contributed by atoms with Gasteiger partial charge >= 0.3 is 6.18 Å². The molecule has 10 heteroatoms. The molecule has 1 saturated heterocycles. The predicted octanol–water partition coefficient (Wildman–Crippen LogP) is 3.73. The summed E-state index contributed by atoms with van der Waals surface area (Å²) in [5.74, 6) is 0.705. The number of carbonyl (C=O) groups excluding carboxylic acids is 2. The Hall–Kier alpha value is -2.88. The monoisotopic (exact) mass is 467 g/mol. The molecule has 0 radical (unpaired) electrons. The van der Waals surface area contributed by atoms with Crippen LogP contribution in [0.1, 0.15) is 5.56 Å². The zero-order valence-corrected chi connectivity index (χ0v) is 18.3. The minimum Gasteiger partial charge on any atom is -0.497 e. The van der Waals surface area contributed by atoms with Crippen LogP contribution in [0, 0.1) is 0 Å². The number of rotatable bonds is 7.